The lowest BCUT2D eigenvalue weighted by molar-refractivity contribution is -0.293. The lowest BCUT2D eigenvalue weighted by Gasteiger charge is -2.45. The van der Waals surface area contributed by atoms with E-state index in [0.29, 0.717) is 19.8 Å². The van der Waals surface area contributed by atoms with Gasteiger partial charge in [-0.2, -0.15) is 5.10 Å². The smallest absolute Gasteiger partial charge is 0.186 e. The van der Waals surface area contributed by atoms with E-state index in [1.54, 1.807) is 0 Å². The highest BCUT2D eigenvalue weighted by atomic mass is 16.7. The molecule has 0 amide bonds. The number of rotatable bonds is 1. The highest BCUT2D eigenvalue weighted by Crippen LogP contribution is 2.31. The van der Waals surface area contributed by atoms with Crippen molar-refractivity contribution in [1.82, 2.24) is 10.2 Å². The summed E-state index contributed by atoms with van der Waals surface area (Å²) in [5, 5.41) is 16.4. The van der Waals surface area contributed by atoms with Crippen molar-refractivity contribution in [1.29, 1.82) is 0 Å². The van der Waals surface area contributed by atoms with Crippen molar-refractivity contribution in [3.8, 4) is 0 Å². The Morgan fingerprint density at radius 2 is 2.29 bits per heavy atom. The summed E-state index contributed by atoms with van der Waals surface area (Å²) in [7, 11) is 0. The number of hydrogen-bond donors (Lipinski definition) is 2. The Morgan fingerprint density at radius 3 is 3.00 bits per heavy atom. The molecule has 0 aromatic carbocycles. The molecule has 2 fully saturated rings. The van der Waals surface area contributed by atoms with Gasteiger partial charge in [-0.15, -0.1) is 0 Å². The zero-order chi connectivity index (χ0) is 11.7. The summed E-state index contributed by atoms with van der Waals surface area (Å²) in [6.45, 7) is 2.34. The Balaban J connectivity index is 1.71. The number of nitrogens with zero attached hydrogens (tertiary/aromatic N) is 2. The molecule has 1 aromatic heterocycles. The number of aliphatic hydroxyl groups is 1. The van der Waals surface area contributed by atoms with E-state index < -0.39 is 11.9 Å². The van der Waals surface area contributed by atoms with E-state index in [9.17, 15) is 5.11 Å². The Morgan fingerprint density at radius 1 is 1.47 bits per heavy atom. The van der Waals surface area contributed by atoms with Gasteiger partial charge in [-0.25, -0.2) is 0 Å². The van der Waals surface area contributed by atoms with Crippen molar-refractivity contribution in [3.63, 3.8) is 0 Å². The molecule has 2 aliphatic heterocycles. The van der Waals surface area contributed by atoms with Gasteiger partial charge >= 0.3 is 0 Å². The van der Waals surface area contributed by atoms with Gasteiger partial charge in [-0.05, 0) is 6.42 Å². The maximum Gasteiger partial charge on any atom is 0.186 e. The van der Waals surface area contributed by atoms with E-state index in [4.69, 9.17) is 9.47 Å². The van der Waals surface area contributed by atoms with Crippen LogP contribution in [0.5, 0.6) is 0 Å². The minimum atomic E-state index is -0.559. The minimum Gasteiger partial charge on any atom is -0.388 e. The van der Waals surface area contributed by atoms with Crippen molar-refractivity contribution in [2.75, 3.05) is 31.2 Å². The molecule has 0 saturated carbocycles. The van der Waals surface area contributed by atoms with Crippen LogP contribution >= 0.6 is 0 Å². The molecule has 0 radical (unpaired) electrons. The molecule has 6 heteroatoms. The summed E-state index contributed by atoms with van der Waals surface area (Å²) in [6, 6.07) is 1.94. The minimum absolute atomic E-state index is 0.356. The number of aliphatic hydroxyl groups excluding tert-OH is 1. The van der Waals surface area contributed by atoms with Crippen LogP contribution in [0.15, 0.2) is 12.3 Å². The molecule has 17 heavy (non-hydrogen) atoms. The number of hydrogen-bond acceptors (Lipinski definition) is 5. The fourth-order valence-corrected chi connectivity index (χ4v) is 2.43. The lowest BCUT2D eigenvalue weighted by atomic mass is 10.0. The SMILES string of the molecule is O[C@H]1CO[C@@]2(CCCN(c3cc[nH]n3)C2)OC1. The predicted octanol–water partition coefficient (Wildman–Crippen LogP) is 0.114. The molecule has 2 saturated heterocycles. The Labute approximate surface area is 99.5 Å². The van der Waals surface area contributed by atoms with Gasteiger partial charge in [-0.3, -0.25) is 5.10 Å². The monoisotopic (exact) mass is 239 g/mol. The number of nitrogens with one attached hydrogen (secondary N) is 1. The highest BCUT2D eigenvalue weighted by Gasteiger charge is 2.41. The van der Waals surface area contributed by atoms with Crippen molar-refractivity contribution >= 4 is 5.82 Å². The zero-order valence-electron chi connectivity index (χ0n) is 9.63. The predicted molar refractivity (Wildman–Crippen MR) is 60.7 cm³/mol. The second kappa shape index (κ2) is 4.29. The molecule has 94 valence electrons. The molecule has 1 aromatic rings. The van der Waals surface area contributed by atoms with Crippen LogP contribution in [0, 0.1) is 0 Å². The van der Waals surface area contributed by atoms with Gasteiger partial charge < -0.3 is 19.5 Å². The molecule has 0 unspecified atom stereocenters. The van der Waals surface area contributed by atoms with Gasteiger partial charge in [0.1, 0.15) is 6.10 Å². The molecule has 2 aliphatic rings. The van der Waals surface area contributed by atoms with Gasteiger partial charge in [-0.1, -0.05) is 0 Å². The average molecular weight is 239 g/mol. The molecule has 3 heterocycles. The van der Waals surface area contributed by atoms with Crippen LogP contribution in [0.2, 0.25) is 0 Å². The summed E-state index contributed by atoms with van der Waals surface area (Å²) >= 11 is 0. The molecular formula is C11H17N3O3. The molecule has 3 rings (SSSR count). The van der Waals surface area contributed by atoms with E-state index in [2.05, 4.69) is 15.1 Å². The summed E-state index contributed by atoms with van der Waals surface area (Å²) in [5.41, 5.74) is 0. The maximum atomic E-state index is 9.39. The van der Waals surface area contributed by atoms with Crippen LogP contribution in [0.25, 0.3) is 0 Å². The van der Waals surface area contributed by atoms with Crippen molar-refractivity contribution in [3.05, 3.63) is 12.3 Å². The first-order valence-electron chi connectivity index (χ1n) is 5.98. The normalized spacial score (nSPS) is 34.2. The second-order valence-electron chi connectivity index (χ2n) is 4.64. The summed E-state index contributed by atoms with van der Waals surface area (Å²) in [6.07, 6.45) is 3.19. The molecule has 6 nitrogen and oxygen atoms in total. The van der Waals surface area contributed by atoms with Crippen LogP contribution in [0.3, 0.4) is 0 Å². The van der Waals surface area contributed by atoms with Crippen LogP contribution < -0.4 is 4.90 Å². The van der Waals surface area contributed by atoms with Crippen molar-refractivity contribution in [2.45, 2.75) is 24.7 Å². The van der Waals surface area contributed by atoms with E-state index in [1.807, 2.05) is 12.3 Å². The molecule has 2 N–H and O–H groups in total. The number of aromatic amines is 1. The average Bonchev–Trinajstić information content (AvgIpc) is 2.88. The first-order valence-corrected chi connectivity index (χ1v) is 5.98. The number of ether oxygens (including phenoxy) is 2. The Bertz CT molecular complexity index is 360. The van der Waals surface area contributed by atoms with Gasteiger partial charge in [0.05, 0.1) is 19.8 Å². The van der Waals surface area contributed by atoms with E-state index in [-0.39, 0.29) is 0 Å². The number of piperidine rings is 1. The van der Waals surface area contributed by atoms with Gasteiger partial charge in [0.15, 0.2) is 11.6 Å². The molecular weight excluding hydrogens is 222 g/mol. The number of anilines is 1. The molecule has 0 atom stereocenters. The zero-order valence-corrected chi connectivity index (χ0v) is 9.63. The quantitative estimate of drug-likeness (QED) is 0.728. The van der Waals surface area contributed by atoms with Crippen LogP contribution in [0.4, 0.5) is 5.82 Å². The van der Waals surface area contributed by atoms with E-state index in [0.717, 1.165) is 25.2 Å². The summed E-state index contributed by atoms with van der Waals surface area (Å²) in [4.78, 5) is 2.15. The van der Waals surface area contributed by atoms with Gasteiger partial charge in [0.25, 0.3) is 0 Å². The van der Waals surface area contributed by atoms with Crippen molar-refractivity contribution in [2.24, 2.45) is 0 Å². The Kier molecular flexibility index (Phi) is 2.78. The first kappa shape index (κ1) is 11.0. The highest BCUT2D eigenvalue weighted by molar-refractivity contribution is 5.37. The molecule has 0 aliphatic carbocycles. The lowest BCUT2D eigenvalue weighted by Crippen LogP contribution is -2.56. The van der Waals surface area contributed by atoms with Crippen LogP contribution in [0.1, 0.15) is 12.8 Å². The fourth-order valence-electron chi connectivity index (χ4n) is 2.43. The third-order valence-electron chi connectivity index (χ3n) is 3.31. The first-order chi connectivity index (χ1) is 8.27. The third-order valence-corrected chi connectivity index (χ3v) is 3.31. The summed E-state index contributed by atoms with van der Waals surface area (Å²) in [5.74, 6) is 0.360. The maximum absolute atomic E-state index is 9.39. The van der Waals surface area contributed by atoms with Gasteiger partial charge in [0.2, 0.25) is 0 Å². The standard InChI is InChI=1S/C11H17N3O3/c15-9-6-16-11(17-7-9)3-1-5-14(8-11)10-2-4-12-13-10/h2,4,9,15H,1,3,5-8H2,(H,12,13)/t9-,11-. The second-order valence-corrected chi connectivity index (χ2v) is 4.64. The molecule has 0 bridgehead atoms. The van der Waals surface area contributed by atoms with Crippen LogP contribution in [-0.2, 0) is 9.47 Å². The fraction of sp³-hybridized carbons (Fsp3) is 0.727. The number of H-pyrrole nitrogens is 1. The topological polar surface area (TPSA) is 70.6 Å². The molecule has 1 spiro atoms. The van der Waals surface area contributed by atoms with E-state index in [1.165, 1.54) is 0 Å². The number of aromatic nitrogens is 2. The Hall–Kier alpha value is -1.11. The third kappa shape index (κ3) is 2.15. The van der Waals surface area contributed by atoms with Crippen molar-refractivity contribution < 1.29 is 14.6 Å². The van der Waals surface area contributed by atoms with Crippen LogP contribution in [-0.4, -0.2) is 53.5 Å². The van der Waals surface area contributed by atoms with Gasteiger partial charge in [0, 0.05) is 25.2 Å². The van der Waals surface area contributed by atoms with E-state index >= 15 is 0 Å². The largest absolute Gasteiger partial charge is 0.388 e. The summed E-state index contributed by atoms with van der Waals surface area (Å²) < 4.78 is 11.4.